The summed E-state index contributed by atoms with van der Waals surface area (Å²) < 4.78 is 11.2. The lowest BCUT2D eigenvalue weighted by molar-refractivity contribution is -0.0855. The van der Waals surface area contributed by atoms with Crippen molar-refractivity contribution in [2.75, 3.05) is 33.4 Å². The highest BCUT2D eigenvalue weighted by Gasteiger charge is 2.32. The van der Waals surface area contributed by atoms with E-state index in [9.17, 15) is 0 Å². The number of methoxy groups -OCH3 is 1. The lowest BCUT2D eigenvalue weighted by Crippen LogP contribution is -2.50. The fraction of sp³-hybridized carbons (Fsp3) is 0.667. The van der Waals surface area contributed by atoms with Crippen LogP contribution in [0.25, 0.3) is 0 Å². The molecule has 2 N–H and O–H groups in total. The number of nitrogens with zero attached hydrogens (tertiary/aromatic N) is 1. The fourth-order valence-electron chi connectivity index (χ4n) is 2.34. The van der Waals surface area contributed by atoms with Crippen molar-refractivity contribution in [3.8, 4) is 0 Å². The highest BCUT2D eigenvalue weighted by Crippen LogP contribution is 2.23. The van der Waals surface area contributed by atoms with Crippen LogP contribution in [0.1, 0.15) is 24.6 Å². The predicted molar refractivity (Wildman–Crippen MR) is 86.9 cm³/mol. The number of nitrogens with one attached hydrogen (secondary N) is 2. The van der Waals surface area contributed by atoms with Crippen molar-refractivity contribution in [2.45, 2.75) is 31.9 Å². The maximum atomic E-state index is 5.73. The molecule has 5 nitrogen and oxygen atoms in total. The first kappa shape index (κ1) is 16.3. The molecule has 0 spiro atoms. The highest BCUT2D eigenvalue weighted by molar-refractivity contribution is 7.09. The molecule has 0 saturated carbocycles. The number of aliphatic imine (C=N–C) groups is 1. The Morgan fingerprint density at radius 3 is 2.86 bits per heavy atom. The summed E-state index contributed by atoms with van der Waals surface area (Å²) in [4.78, 5) is 5.89. The molecule has 118 valence electrons. The molecule has 0 amide bonds. The van der Waals surface area contributed by atoms with Crippen molar-refractivity contribution < 1.29 is 9.47 Å². The predicted octanol–water partition coefficient (Wildman–Crippen LogP) is 2.00. The van der Waals surface area contributed by atoms with Gasteiger partial charge in [-0.1, -0.05) is 6.07 Å². The van der Waals surface area contributed by atoms with Crippen LogP contribution in [0.3, 0.4) is 0 Å². The Labute approximate surface area is 130 Å². The molecule has 21 heavy (non-hydrogen) atoms. The van der Waals surface area contributed by atoms with E-state index in [-0.39, 0.29) is 5.60 Å². The third kappa shape index (κ3) is 4.98. The summed E-state index contributed by atoms with van der Waals surface area (Å²) in [5, 5.41) is 8.77. The lowest BCUT2D eigenvalue weighted by Gasteiger charge is -2.36. The molecular weight excluding hydrogens is 286 g/mol. The third-order valence-electron chi connectivity index (χ3n) is 3.73. The quantitative estimate of drug-likeness (QED) is 0.623. The average Bonchev–Trinajstić information content (AvgIpc) is 3.04. The van der Waals surface area contributed by atoms with E-state index in [0.29, 0.717) is 6.54 Å². The summed E-state index contributed by atoms with van der Waals surface area (Å²) >= 11 is 1.73. The van der Waals surface area contributed by atoms with E-state index in [2.05, 4.69) is 40.1 Å². The van der Waals surface area contributed by atoms with Crippen molar-refractivity contribution in [3.05, 3.63) is 22.4 Å². The van der Waals surface area contributed by atoms with Crippen LogP contribution >= 0.6 is 11.3 Å². The van der Waals surface area contributed by atoms with Gasteiger partial charge in [0.1, 0.15) is 0 Å². The van der Waals surface area contributed by atoms with Crippen LogP contribution in [0, 0.1) is 0 Å². The van der Waals surface area contributed by atoms with Gasteiger partial charge in [-0.3, -0.25) is 0 Å². The van der Waals surface area contributed by atoms with E-state index < -0.39 is 0 Å². The smallest absolute Gasteiger partial charge is 0.191 e. The number of ether oxygens (including phenoxy) is 2. The molecule has 1 aliphatic rings. The Balaban J connectivity index is 1.90. The van der Waals surface area contributed by atoms with Crippen LogP contribution in [0.5, 0.6) is 0 Å². The van der Waals surface area contributed by atoms with Gasteiger partial charge in [-0.25, -0.2) is 4.99 Å². The van der Waals surface area contributed by atoms with Gasteiger partial charge in [0, 0.05) is 51.1 Å². The van der Waals surface area contributed by atoms with Gasteiger partial charge < -0.3 is 20.1 Å². The Morgan fingerprint density at radius 1 is 1.43 bits per heavy atom. The Bertz CT molecular complexity index is 428. The van der Waals surface area contributed by atoms with E-state index in [1.165, 1.54) is 4.88 Å². The minimum Gasteiger partial charge on any atom is -0.381 e. The van der Waals surface area contributed by atoms with Crippen molar-refractivity contribution in [3.63, 3.8) is 0 Å². The Morgan fingerprint density at radius 2 is 2.24 bits per heavy atom. The molecular formula is C15H25N3O2S. The highest BCUT2D eigenvalue weighted by atomic mass is 32.1. The second-order valence-corrected chi connectivity index (χ2v) is 6.16. The summed E-state index contributed by atoms with van der Waals surface area (Å²) in [5.41, 5.74) is -0.141. The average molecular weight is 311 g/mol. The molecule has 1 aliphatic heterocycles. The van der Waals surface area contributed by atoms with E-state index in [4.69, 9.17) is 9.47 Å². The van der Waals surface area contributed by atoms with Gasteiger partial charge in [0.25, 0.3) is 0 Å². The second kappa shape index (κ2) is 8.36. The molecule has 2 rings (SSSR count). The molecule has 0 aromatic carbocycles. The number of thiophene rings is 1. The fourth-order valence-corrected chi connectivity index (χ4v) is 2.97. The Kier molecular flexibility index (Phi) is 6.48. The molecule has 0 atom stereocenters. The number of guanidine groups is 1. The zero-order valence-corrected chi connectivity index (χ0v) is 13.7. The zero-order valence-electron chi connectivity index (χ0n) is 12.9. The van der Waals surface area contributed by atoms with Crippen LogP contribution < -0.4 is 10.6 Å². The number of hydrogen-bond acceptors (Lipinski definition) is 4. The third-order valence-corrected chi connectivity index (χ3v) is 4.59. The van der Waals surface area contributed by atoms with Crippen LogP contribution in [-0.2, 0) is 16.0 Å². The minimum atomic E-state index is -0.141. The number of rotatable bonds is 6. The van der Waals surface area contributed by atoms with E-state index >= 15 is 0 Å². The first-order valence-electron chi connectivity index (χ1n) is 7.45. The molecule has 0 radical (unpaired) electrons. The monoisotopic (exact) mass is 311 g/mol. The summed E-state index contributed by atoms with van der Waals surface area (Å²) in [7, 11) is 1.78. The molecule has 1 fully saturated rings. The molecule has 0 unspecified atom stereocenters. The molecule has 2 heterocycles. The van der Waals surface area contributed by atoms with Crippen LogP contribution in [0.4, 0.5) is 0 Å². The summed E-state index contributed by atoms with van der Waals surface area (Å²) in [6.45, 7) is 5.90. The largest absolute Gasteiger partial charge is 0.381 e. The maximum Gasteiger partial charge on any atom is 0.191 e. The molecule has 0 aliphatic carbocycles. The summed E-state index contributed by atoms with van der Waals surface area (Å²) in [6.07, 6.45) is 1.83. The molecule has 1 aromatic rings. The lowest BCUT2D eigenvalue weighted by atomic mass is 9.94. The van der Waals surface area contributed by atoms with Crippen LogP contribution in [-0.4, -0.2) is 45.0 Å². The van der Waals surface area contributed by atoms with Crippen LogP contribution in [0.15, 0.2) is 22.5 Å². The number of hydrogen-bond donors (Lipinski definition) is 2. The molecule has 6 heteroatoms. The molecule has 1 saturated heterocycles. The molecule has 0 bridgehead atoms. The van der Waals surface area contributed by atoms with E-state index in [1.807, 2.05) is 0 Å². The van der Waals surface area contributed by atoms with Crippen LogP contribution in [0.2, 0.25) is 0 Å². The zero-order chi connectivity index (χ0) is 15.0. The first-order chi connectivity index (χ1) is 10.3. The van der Waals surface area contributed by atoms with E-state index in [1.54, 1.807) is 18.4 Å². The first-order valence-corrected chi connectivity index (χ1v) is 8.33. The minimum absolute atomic E-state index is 0.141. The Hall–Kier alpha value is -1.11. The van der Waals surface area contributed by atoms with Gasteiger partial charge in [0.05, 0.1) is 12.1 Å². The SMILES string of the molecule is CCNC(=NCc1cccs1)NCC1(OC)CCOCC1. The van der Waals surface area contributed by atoms with Crippen molar-refractivity contribution >= 4 is 17.3 Å². The standard InChI is InChI=1S/C15H25N3O2S/c1-3-16-14(17-11-13-5-4-10-21-13)18-12-15(19-2)6-8-20-9-7-15/h4-5,10H,3,6-9,11-12H2,1-2H3,(H2,16,17,18). The van der Waals surface area contributed by atoms with E-state index in [0.717, 1.165) is 45.1 Å². The van der Waals surface area contributed by atoms with Crippen molar-refractivity contribution in [2.24, 2.45) is 4.99 Å². The van der Waals surface area contributed by atoms with Gasteiger partial charge in [-0.05, 0) is 18.4 Å². The summed E-state index contributed by atoms with van der Waals surface area (Å²) in [6, 6.07) is 4.16. The van der Waals surface area contributed by atoms with Gasteiger partial charge >= 0.3 is 0 Å². The summed E-state index contributed by atoms with van der Waals surface area (Å²) in [5.74, 6) is 0.841. The van der Waals surface area contributed by atoms with Crippen molar-refractivity contribution in [1.82, 2.24) is 10.6 Å². The van der Waals surface area contributed by atoms with Crippen molar-refractivity contribution in [1.29, 1.82) is 0 Å². The normalized spacial score (nSPS) is 18.5. The van der Waals surface area contributed by atoms with Gasteiger partial charge in [0.2, 0.25) is 0 Å². The van der Waals surface area contributed by atoms with Gasteiger partial charge in [-0.2, -0.15) is 0 Å². The van der Waals surface area contributed by atoms with Gasteiger partial charge in [-0.15, -0.1) is 11.3 Å². The second-order valence-electron chi connectivity index (χ2n) is 5.13. The topological polar surface area (TPSA) is 54.9 Å². The van der Waals surface area contributed by atoms with Gasteiger partial charge in [0.15, 0.2) is 5.96 Å². The maximum absolute atomic E-state index is 5.73. The molecule has 1 aromatic heterocycles.